The average Bonchev–Trinajstić information content (AvgIpc) is 3.11. The first-order valence-corrected chi connectivity index (χ1v) is 9.18. The van der Waals surface area contributed by atoms with Crippen molar-refractivity contribution < 1.29 is 9.59 Å². The Morgan fingerprint density at radius 1 is 1.17 bits per heavy atom. The normalized spacial score (nSPS) is 16.2. The number of anilines is 1. The zero-order chi connectivity index (χ0) is 19.8. The van der Waals surface area contributed by atoms with Crippen LogP contribution in [0.1, 0.15) is 16.8 Å². The monoisotopic (exact) mass is 508 g/mol. The lowest BCUT2D eigenvalue weighted by atomic mass is 10.2. The molecule has 154 valence electrons. The Balaban J connectivity index is 0.00000300. The molecule has 2 heterocycles. The summed E-state index contributed by atoms with van der Waals surface area (Å²) in [5.74, 6) is 0.518. The molecule has 2 amide bonds. The van der Waals surface area contributed by atoms with Gasteiger partial charge in [0, 0.05) is 51.2 Å². The number of pyridine rings is 1. The van der Waals surface area contributed by atoms with Gasteiger partial charge in [-0.1, -0.05) is 18.2 Å². The van der Waals surface area contributed by atoms with Crippen molar-refractivity contribution in [3.63, 3.8) is 0 Å². The summed E-state index contributed by atoms with van der Waals surface area (Å²) >= 11 is 0. The Morgan fingerprint density at radius 2 is 1.93 bits per heavy atom. The lowest BCUT2D eigenvalue weighted by molar-refractivity contribution is -0.117. The van der Waals surface area contributed by atoms with Crippen LogP contribution in [0.4, 0.5) is 5.69 Å². The number of rotatable bonds is 6. The molecule has 0 radical (unpaired) electrons. The van der Waals surface area contributed by atoms with Crippen molar-refractivity contribution in [1.82, 2.24) is 20.9 Å². The predicted molar refractivity (Wildman–Crippen MR) is 124 cm³/mol. The van der Waals surface area contributed by atoms with Crippen LogP contribution in [0.3, 0.4) is 0 Å². The van der Waals surface area contributed by atoms with Crippen molar-refractivity contribution in [3.05, 3.63) is 60.4 Å². The summed E-state index contributed by atoms with van der Waals surface area (Å²) in [4.78, 5) is 34.2. The van der Waals surface area contributed by atoms with Crippen LogP contribution in [0.5, 0.6) is 0 Å². The minimum Gasteiger partial charge on any atom is -0.355 e. The number of nitrogens with zero attached hydrogens (tertiary/aromatic N) is 3. The SMILES string of the molecule is CN=C(NCCNC(=O)c1cccnc1)NC1CC(=O)N(c2ccccc2)C1.I. The molecule has 3 N–H and O–H groups in total. The second-order valence-corrected chi connectivity index (χ2v) is 6.38. The zero-order valence-electron chi connectivity index (χ0n) is 16.2. The van der Waals surface area contributed by atoms with Crippen molar-refractivity contribution in [2.75, 3.05) is 31.6 Å². The van der Waals surface area contributed by atoms with Gasteiger partial charge in [0.25, 0.3) is 5.91 Å². The van der Waals surface area contributed by atoms with Crippen LogP contribution in [0, 0.1) is 0 Å². The van der Waals surface area contributed by atoms with Gasteiger partial charge in [-0.15, -0.1) is 24.0 Å². The molecule has 8 nitrogen and oxygen atoms in total. The number of guanidine groups is 1. The largest absolute Gasteiger partial charge is 0.355 e. The Kier molecular flexibility index (Phi) is 8.84. The second kappa shape index (κ2) is 11.3. The molecule has 0 bridgehead atoms. The number of nitrogens with one attached hydrogen (secondary N) is 3. The molecule has 9 heteroatoms. The van der Waals surface area contributed by atoms with Crippen LogP contribution in [-0.2, 0) is 4.79 Å². The molecule has 0 aliphatic carbocycles. The van der Waals surface area contributed by atoms with E-state index in [0.717, 1.165) is 5.69 Å². The predicted octanol–water partition coefficient (Wildman–Crippen LogP) is 1.40. The molecule has 1 aromatic carbocycles. The van der Waals surface area contributed by atoms with E-state index in [0.29, 0.717) is 37.6 Å². The van der Waals surface area contributed by atoms with Gasteiger partial charge in [-0.25, -0.2) is 0 Å². The minimum absolute atomic E-state index is 0. The molecular weight excluding hydrogens is 483 g/mol. The first-order chi connectivity index (χ1) is 13.7. The van der Waals surface area contributed by atoms with Crippen molar-refractivity contribution in [2.24, 2.45) is 4.99 Å². The number of para-hydroxylation sites is 1. The zero-order valence-corrected chi connectivity index (χ0v) is 18.5. The van der Waals surface area contributed by atoms with Crippen LogP contribution in [0.15, 0.2) is 59.9 Å². The van der Waals surface area contributed by atoms with Gasteiger partial charge in [-0.3, -0.25) is 19.6 Å². The lowest BCUT2D eigenvalue weighted by Crippen LogP contribution is -2.46. The number of hydrogen-bond acceptors (Lipinski definition) is 4. The lowest BCUT2D eigenvalue weighted by Gasteiger charge is -2.19. The highest BCUT2D eigenvalue weighted by Crippen LogP contribution is 2.20. The number of aliphatic imine (C=N–C) groups is 1. The van der Waals surface area contributed by atoms with Gasteiger partial charge in [0.1, 0.15) is 0 Å². The summed E-state index contributed by atoms with van der Waals surface area (Å²) < 4.78 is 0. The molecule has 3 rings (SSSR count). The quantitative estimate of drug-likeness (QED) is 0.237. The van der Waals surface area contributed by atoms with E-state index in [9.17, 15) is 9.59 Å². The smallest absolute Gasteiger partial charge is 0.252 e. The number of halogens is 1. The first kappa shape index (κ1) is 22.6. The van der Waals surface area contributed by atoms with Gasteiger partial charge < -0.3 is 20.9 Å². The molecule has 29 heavy (non-hydrogen) atoms. The number of carbonyl (C=O) groups excluding carboxylic acids is 2. The summed E-state index contributed by atoms with van der Waals surface area (Å²) in [5, 5.41) is 9.24. The van der Waals surface area contributed by atoms with Gasteiger partial charge in [-0.2, -0.15) is 0 Å². The third-order valence-corrected chi connectivity index (χ3v) is 4.38. The Labute approximate surface area is 187 Å². The highest BCUT2D eigenvalue weighted by Gasteiger charge is 2.30. The first-order valence-electron chi connectivity index (χ1n) is 9.18. The van der Waals surface area contributed by atoms with Crippen LogP contribution in [-0.4, -0.2) is 55.5 Å². The number of hydrogen-bond donors (Lipinski definition) is 3. The molecule has 1 atom stereocenters. The maximum atomic E-state index is 12.3. The van der Waals surface area contributed by atoms with Gasteiger partial charge in [0.05, 0.1) is 11.6 Å². The number of benzene rings is 1. The summed E-state index contributed by atoms with van der Waals surface area (Å²) in [6, 6.07) is 13.0. The molecule has 2 aromatic rings. The van der Waals surface area contributed by atoms with Crippen molar-refractivity contribution in [1.29, 1.82) is 0 Å². The minimum atomic E-state index is -0.169. The maximum absolute atomic E-state index is 12.3. The molecule has 0 saturated carbocycles. The van der Waals surface area contributed by atoms with Crippen molar-refractivity contribution in [3.8, 4) is 0 Å². The summed E-state index contributed by atoms with van der Waals surface area (Å²) in [6.07, 6.45) is 3.56. The Bertz CT molecular complexity index is 831. The van der Waals surface area contributed by atoms with Crippen LogP contribution >= 0.6 is 24.0 Å². The molecule has 1 aromatic heterocycles. The van der Waals surface area contributed by atoms with E-state index < -0.39 is 0 Å². The number of aromatic nitrogens is 1. The standard InChI is InChI=1S/C20H24N6O2.HI/c1-21-20(24-11-10-23-19(28)15-6-5-9-22-13-15)25-16-12-18(27)26(14-16)17-7-3-2-4-8-17;/h2-9,13,16H,10-12,14H2,1H3,(H,23,28)(H2,21,24,25);1H. The molecule has 1 fully saturated rings. The topological polar surface area (TPSA) is 98.7 Å². The molecular formula is C20H25IN6O2. The van der Waals surface area contributed by atoms with Crippen LogP contribution in [0.25, 0.3) is 0 Å². The molecule has 1 unspecified atom stereocenters. The molecule has 0 spiro atoms. The van der Waals surface area contributed by atoms with Crippen molar-refractivity contribution in [2.45, 2.75) is 12.5 Å². The average molecular weight is 508 g/mol. The summed E-state index contributed by atoms with van der Waals surface area (Å²) in [6.45, 7) is 1.53. The van der Waals surface area contributed by atoms with Crippen LogP contribution < -0.4 is 20.9 Å². The van der Waals surface area contributed by atoms with E-state index in [1.807, 2.05) is 30.3 Å². The van der Waals surface area contributed by atoms with E-state index in [1.165, 1.54) is 6.20 Å². The van der Waals surface area contributed by atoms with E-state index in [1.54, 1.807) is 30.3 Å². The van der Waals surface area contributed by atoms with Gasteiger partial charge in [0.2, 0.25) is 5.91 Å². The maximum Gasteiger partial charge on any atom is 0.252 e. The number of carbonyl (C=O) groups is 2. The molecule has 1 aliphatic heterocycles. The van der Waals surface area contributed by atoms with E-state index in [2.05, 4.69) is 25.9 Å². The highest BCUT2D eigenvalue weighted by molar-refractivity contribution is 14.0. The molecule has 1 saturated heterocycles. The van der Waals surface area contributed by atoms with Gasteiger partial charge >= 0.3 is 0 Å². The molecule has 1 aliphatic rings. The second-order valence-electron chi connectivity index (χ2n) is 6.38. The van der Waals surface area contributed by atoms with E-state index in [4.69, 9.17) is 0 Å². The summed E-state index contributed by atoms with van der Waals surface area (Å²) in [5.41, 5.74) is 1.42. The number of amides is 2. The fraction of sp³-hybridized carbons (Fsp3) is 0.300. The fourth-order valence-corrected chi connectivity index (χ4v) is 3.01. The fourth-order valence-electron chi connectivity index (χ4n) is 3.01. The van der Waals surface area contributed by atoms with E-state index >= 15 is 0 Å². The van der Waals surface area contributed by atoms with Gasteiger partial charge in [-0.05, 0) is 24.3 Å². The van der Waals surface area contributed by atoms with Crippen LogP contribution in [0.2, 0.25) is 0 Å². The van der Waals surface area contributed by atoms with E-state index in [-0.39, 0.29) is 41.8 Å². The third-order valence-electron chi connectivity index (χ3n) is 4.38. The Hall–Kier alpha value is -2.69. The Morgan fingerprint density at radius 3 is 2.62 bits per heavy atom. The van der Waals surface area contributed by atoms with Crippen molar-refractivity contribution >= 4 is 47.4 Å². The van der Waals surface area contributed by atoms with Gasteiger partial charge in [0.15, 0.2) is 5.96 Å². The highest BCUT2D eigenvalue weighted by atomic mass is 127. The third kappa shape index (κ3) is 6.41. The summed E-state index contributed by atoms with van der Waals surface area (Å²) in [7, 11) is 1.68.